The Hall–Kier alpha value is -2.82. The van der Waals surface area contributed by atoms with Crippen LogP contribution in [0.15, 0.2) is 58.5 Å². The Kier molecular flexibility index (Phi) is 4.49. The van der Waals surface area contributed by atoms with E-state index in [1.54, 1.807) is 30.3 Å². The molecule has 8 nitrogen and oxygen atoms in total. The molecule has 0 saturated carbocycles. The molecule has 10 heteroatoms. The number of thiocarbonyl (C=S) groups is 1. The number of para-hydroxylation sites is 1. The molecule has 1 amide bonds. The number of benzene rings is 2. The molecule has 5 N–H and O–H groups in total. The second-order valence-electron chi connectivity index (χ2n) is 5.10. The number of primary sulfonamides is 1. The average molecular weight is 375 g/mol. The van der Waals surface area contributed by atoms with Crippen molar-refractivity contribution in [2.45, 2.75) is 4.90 Å². The van der Waals surface area contributed by atoms with E-state index in [9.17, 15) is 13.2 Å². The molecular weight excluding hydrogens is 362 g/mol. The quantitative estimate of drug-likeness (QED) is 0.468. The third-order valence-electron chi connectivity index (χ3n) is 3.34. The number of fused-ring (bicyclic) bond motifs is 1. The molecule has 0 saturated heterocycles. The zero-order valence-electron chi connectivity index (χ0n) is 12.7. The van der Waals surface area contributed by atoms with Gasteiger partial charge in [0.05, 0.1) is 10.6 Å². The number of sulfonamides is 1. The molecule has 1 aliphatic rings. The van der Waals surface area contributed by atoms with E-state index in [2.05, 4.69) is 21.2 Å². The molecule has 25 heavy (non-hydrogen) atoms. The van der Waals surface area contributed by atoms with Crippen molar-refractivity contribution < 1.29 is 13.2 Å². The summed E-state index contributed by atoms with van der Waals surface area (Å²) in [7, 11) is -3.81. The lowest BCUT2D eigenvalue weighted by Crippen LogP contribution is -2.27. The zero-order chi connectivity index (χ0) is 18.0. The van der Waals surface area contributed by atoms with Crippen molar-refractivity contribution in [3.05, 3.63) is 54.1 Å². The summed E-state index contributed by atoms with van der Waals surface area (Å²) in [5.41, 5.74) is 4.53. The molecule has 0 radical (unpaired) electrons. The number of rotatable bonds is 3. The van der Waals surface area contributed by atoms with Gasteiger partial charge in [-0.2, -0.15) is 5.10 Å². The number of hydrogen-bond donors (Lipinski definition) is 4. The summed E-state index contributed by atoms with van der Waals surface area (Å²) in [5, 5.41) is 14.7. The maximum absolute atomic E-state index is 11.9. The molecule has 3 rings (SSSR count). The number of hydrazone groups is 1. The Labute approximate surface area is 149 Å². The highest BCUT2D eigenvalue weighted by molar-refractivity contribution is 7.89. The van der Waals surface area contributed by atoms with Crippen molar-refractivity contribution in [2.75, 3.05) is 10.6 Å². The number of nitrogens with one attached hydrogen (secondary N) is 3. The lowest BCUT2D eigenvalue weighted by Gasteiger charge is -2.08. The summed E-state index contributed by atoms with van der Waals surface area (Å²) in [6, 6.07) is 13.0. The van der Waals surface area contributed by atoms with Crippen molar-refractivity contribution in [1.82, 2.24) is 5.43 Å². The molecule has 0 bridgehead atoms. The topological polar surface area (TPSA) is 126 Å². The standard InChI is InChI=1S/C15H13N5O3S2/c16-25(22,23)10-5-3-4-9(8-10)17-15(24)20-19-13-11-6-1-2-7-12(11)18-14(13)21/h1-8H,(H2,16,22,23)(H2,17,20,24)(H,18,19,21). The van der Waals surface area contributed by atoms with Gasteiger partial charge in [0.15, 0.2) is 10.8 Å². The van der Waals surface area contributed by atoms with E-state index in [-0.39, 0.29) is 21.6 Å². The van der Waals surface area contributed by atoms with E-state index < -0.39 is 10.0 Å². The fourth-order valence-electron chi connectivity index (χ4n) is 2.23. The van der Waals surface area contributed by atoms with Crippen molar-refractivity contribution >= 4 is 50.3 Å². The van der Waals surface area contributed by atoms with Gasteiger partial charge in [-0.3, -0.25) is 10.2 Å². The molecular formula is C15H13N5O3S2. The van der Waals surface area contributed by atoms with Crippen LogP contribution in [0.1, 0.15) is 5.56 Å². The van der Waals surface area contributed by atoms with Gasteiger partial charge in [0.1, 0.15) is 0 Å². The number of carbonyl (C=O) groups excluding carboxylic acids is 1. The monoisotopic (exact) mass is 375 g/mol. The third kappa shape index (κ3) is 3.82. The van der Waals surface area contributed by atoms with E-state index in [0.29, 0.717) is 16.9 Å². The van der Waals surface area contributed by atoms with Crippen molar-refractivity contribution in [2.24, 2.45) is 10.2 Å². The van der Waals surface area contributed by atoms with Crippen LogP contribution in [0, 0.1) is 0 Å². The van der Waals surface area contributed by atoms with Crippen LogP contribution in [-0.4, -0.2) is 25.1 Å². The van der Waals surface area contributed by atoms with Gasteiger partial charge in [-0.05, 0) is 36.5 Å². The summed E-state index contributed by atoms with van der Waals surface area (Å²) in [5.74, 6) is -0.340. The van der Waals surface area contributed by atoms with E-state index in [1.165, 1.54) is 18.2 Å². The summed E-state index contributed by atoms with van der Waals surface area (Å²) < 4.78 is 22.7. The summed E-state index contributed by atoms with van der Waals surface area (Å²) in [6.45, 7) is 0. The predicted molar refractivity (Wildman–Crippen MR) is 98.8 cm³/mol. The van der Waals surface area contributed by atoms with E-state index in [1.807, 2.05) is 0 Å². The van der Waals surface area contributed by atoms with Crippen LogP contribution in [0.25, 0.3) is 0 Å². The maximum Gasteiger partial charge on any atom is 0.276 e. The minimum atomic E-state index is -3.81. The van der Waals surface area contributed by atoms with E-state index >= 15 is 0 Å². The second-order valence-corrected chi connectivity index (χ2v) is 7.07. The van der Waals surface area contributed by atoms with Gasteiger partial charge in [0.25, 0.3) is 5.91 Å². The van der Waals surface area contributed by atoms with Crippen molar-refractivity contribution in [3.63, 3.8) is 0 Å². The number of nitrogens with two attached hydrogens (primary N) is 1. The first kappa shape index (κ1) is 17.0. The first-order chi connectivity index (χ1) is 11.8. The Morgan fingerprint density at radius 1 is 1.16 bits per heavy atom. The molecule has 0 aromatic heterocycles. The Balaban J connectivity index is 1.73. The molecule has 0 atom stereocenters. The van der Waals surface area contributed by atoms with Crippen LogP contribution in [-0.2, 0) is 14.8 Å². The highest BCUT2D eigenvalue weighted by atomic mass is 32.2. The Morgan fingerprint density at radius 2 is 1.92 bits per heavy atom. The highest BCUT2D eigenvalue weighted by Crippen LogP contribution is 2.22. The summed E-state index contributed by atoms with van der Waals surface area (Å²) in [4.78, 5) is 11.9. The van der Waals surface area contributed by atoms with Crippen LogP contribution < -0.4 is 21.2 Å². The summed E-state index contributed by atoms with van der Waals surface area (Å²) in [6.07, 6.45) is 0. The first-order valence-corrected chi connectivity index (χ1v) is 8.98. The van der Waals surface area contributed by atoms with Crippen molar-refractivity contribution in [1.29, 1.82) is 0 Å². The van der Waals surface area contributed by atoms with Gasteiger partial charge in [-0.15, -0.1) is 0 Å². The Morgan fingerprint density at radius 3 is 2.68 bits per heavy atom. The predicted octanol–water partition coefficient (Wildman–Crippen LogP) is 0.977. The number of hydrogen-bond acceptors (Lipinski definition) is 5. The fourth-order valence-corrected chi connectivity index (χ4v) is 2.95. The average Bonchev–Trinajstić information content (AvgIpc) is 2.87. The molecule has 1 aliphatic heterocycles. The molecule has 0 spiro atoms. The van der Waals surface area contributed by atoms with Gasteiger partial charge >= 0.3 is 0 Å². The molecule has 0 fully saturated rings. The minimum Gasteiger partial charge on any atom is -0.331 e. The molecule has 0 unspecified atom stereocenters. The normalized spacial score (nSPS) is 14.8. The highest BCUT2D eigenvalue weighted by Gasteiger charge is 2.25. The third-order valence-corrected chi connectivity index (χ3v) is 4.44. The van der Waals surface area contributed by atoms with Gasteiger partial charge in [0, 0.05) is 11.3 Å². The van der Waals surface area contributed by atoms with Gasteiger partial charge in [-0.1, -0.05) is 24.3 Å². The minimum absolute atomic E-state index is 0.0456. The molecule has 128 valence electrons. The van der Waals surface area contributed by atoms with E-state index in [0.717, 1.165) is 0 Å². The van der Waals surface area contributed by atoms with Gasteiger partial charge in [-0.25, -0.2) is 13.6 Å². The molecule has 2 aromatic rings. The molecule has 1 heterocycles. The van der Waals surface area contributed by atoms with Crippen molar-refractivity contribution in [3.8, 4) is 0 Å². The molecule has 2 aromatic carbocycles. The Bertz CT molecular complexity index is 1000. The largest absolute Gasteiger partial charge is 0.331 e. The number of amides is 1. The van der Waals surface area contributed by atoms with Crippen LogP contribution >= 0.6 is 12.2 Å². The zero-order valence-corrected chi connectivity index (χ0v) is 14.3. The maximum atomic E-state index is 11.9. The smallest absolute Gasteiger partial charge is 0.276 e. The number of anilines is 2. The van der Waals surface area contributed by atoms with Crippen LogP contribution in [0.2, 0.25) is 0 Å². The number of carbonyl (C=O) groups is 1. The van der Waals surface area contributed by atoms with Crippen LogP contribution in [0.3, 0.4) is 0 Å². The number of nitrogens with zero attached hydrogens (tertiary/aromatic N) is 1. The van der Waals surface area contributed by atoms with Gasteiger partial charge < -0.3 is 10.6 Å². The van der Waals surface area contributed by atoms with E-state index in [4.69, 9.17) is 17.4 Å². The lowest BCUT2D eigenvalue weighted by molar-refractivity contribution is -0.110. The SMILES string of the molecule is NS(=O)(=O)c1cccc(NC(=S)N/N=C2\C(=O)Nc3ccccc32)c1. The second kappa shape index (κ2) is 6.59. The lowest BCUT2D eigenvalue weighted by atomic mass is 10.1. The molecule has 0 aliphatic carbocycles. The van der Waals surface area contributed by atoms with Crippen LogP contribution in [0.5, 0.6) is 0 Å². The van der Waals surface area contributed by atoms with Crippen LogP contribution in [0.4, 0.5) is 11.4 Å². The first-order valence-electron chi connectivity index (χ1n) is 7.03. The summed E-state index contributed by atoms with van der Waals surface area (Å²) >= 11 is 5.10. The van der Waals surface area contributed by atoms with Gasteiger partial charge in [0.2, 0.25) is 10.0 Å². The fraction of sp³-hybridized carbons (Fsp3) is 0.